The lowest BCUT2D eigenvalue weighted by molar-refractivity contribution is -0.144. The fourth-order valence-corrected chi connectivity index (χ4v) is 3.60. The van der Waals surface area contributed by atoms with Gasteiger partial charge in [0.15, 0.2) is 5.65 Å². The van der Waals surface area contributed by atoms with Gasteiger partial charge in [0.05, 0.1) is 28.9 Å². The zero-order valence-electron chi connectivity index (χ0n) is 16.3. The molecular formula is C22H18F3N3O2. The standard InChI is InChI=1S/C22H18F3N3O2/c1-3-30-19(29)12-28-21-20(13(2)27-28)17(22(23,24)25)11-18(26-21)16-10-6-8-14-7-4-5-9-15(14)16/h4-11H,3,12H2,1-2H3. The molecule has 0 bridgehead atoms. The maximum atomic E-state index is 13.9. The fraction of sp³-hybridized carbons (Fsp3) is 0.227. The maximum absolute atomic E-state index is 13.9. The average molecular weight is 413 g/mol. The van der Waals surface area contributed by atoms with Crippen molar-refractivity contribution in [2.24, 2.45) is 0 Å². The fourth-order valence-electron chi connectivity index (χ4n) is 3.60. The topological polar surface area (TPSA) is 57.0 Å². The van der Waals surface area contributed by atoms with E-state index in [1.54, 1.807) is 19.1 Å². The van der Waals surface area contributed by atoms with E-state index in [1.165, 1.54) is 11.6 Å². The molecule has 0 N–H and O–H groups in total. The molecule has 2 aromatic heterocycles. The monoisotopic (exact) mass is 413 g/mol. The number of rotatable bonds is 4. The Hall–Kier alpha value is -3.42. The molecular weight excluding hydrogens is 395 g/mol. The molecule has 5 nitrogen and oxygen atoms in total. The lowest BCUT2D eigenvalue weighted by Gasteiger charge is -2.13. The van der Waals surface area contributed by atoms with Gasteiger partial charge in [0.25, 0.3) is 0 Å². The number of fused-ring (bicyclic) bond motifs is 2. The van der Waals surface area contributed by atoms with Gasteiger partial charge in [-0.05, 0) is 30.7 Å². The van der Waals surface area contributed by atoms with E-state index in [1.807, 2.05) is 30.3 Å². The van der Waals surface area contributed by atoms with Gasteiger partial charge in [0, 0.05) is 5.56 Å². The predicted molar refractivity (Wildman–Crippen MR) is 107 cm³/mol. The van der Waals surface area contributed by atoms with Crippen LogP contribution in [0.25, 0.3) is 33.1 Å². The van der Waals surface area contributed by atoms with E-state index < -0.39 is 17.7 Å². The third kappa shape index (κ3) is 3.49. The van der Waals surface area contributed by atoms with Crippen molar-refractivity contribution >= 4 is 27.8 Å². The Morgan fingerprint density at radius 3 is 2.60 bits per heavy atom. The zero-order chi connectivity index (χ0) is 21.5. The number of halogens is 3. The Labute approximate surface area is 170 Å². The Kier molecular flexibility index (Phi) is 4.93. The smallest absolute Gasteiger partial charge is 0.417 e. The first kappa shape index (κ1) is 19.9. The minimum atomic E-state index is -4.61. The molecule has 30 heavy (non-hydrogen) atoms. The van der Waals surface area contributed by atoms with Gasteiger partial charge in [0.1, 0.15) is 6.54 Å². The number of esters is 1. The summed E-state index contributed by atoms with van der Waals surface area (Å²) in [6.45, 7) is 2.97. The van der Waals surface area contributed by atoms with Crippen molar-refractivity contribution in [2.45, 2.75) is 26.6 Å². The van der Waals surface area contributed by atoms with Crippen LogP contribution in [-0.2, 0) is 22.3 Å². The highest BCUT2D eigenvalue weighted by Gasteiger charge is 2.36. The second-order valence-electron chi connectivity index (χ2n) is 6.83. The summed E-state index contributed by atoms with van der Waals surface area (Å²) in [5.74, 6) is -0.590. The van der Waals surface area contributed by atoms with Crippen LogP contribution >= 0.6 is 0 Å². The second-order valence-corrected chi connectivity index (χ2v) is 6.83. The summed E-state index contributed by atoms with van der Waals surface area (Å²) in [5.41, 5.74) is 0.0543. The van der Waals surface area contributed by atoms with Gasteiger partial charge in [-0.3, -0.25) is 4.79 Å². The van der Waals surface area contributed by atoms with Crippen LogP contribution < -0.4 is 0 Å². The number of carbonyl (C=O) groups is 1. The number of carbonyl (C=O) groups excluding carboxylic acids is 1. The van der Waals surface area contributed by atoms with Crippen molar-refractivity contribution in [3.63, 3.8) is 0 Å². The molecule has 0 amide bonds. The molecule has 8 heteroatoms. The third-order valence-corrected chi connectivity index (χ3v) is 4.83. The highest BCUT2D eigenvalue weighted by molar-refractivity contribution is 5.97. The number of aryl methyl sites for hydroxylation is 1. The van der Waals surface area contributed by atoms with Crippen molar-refractivity contribution in [1.82, 2.24) is 14.8 Å². The van der Waals surface area contributed by atoms with Crippen molar-refractivity contribution in [1.29, 1.82) is 0 Å². The van der Waals surface area contributed by atoms with Crippen molar-refractivity contribution in [3.05, 3.63) is 59.8 Å². The van der Waals surface area contributed by atoms with E-state index in [0.29, 0.717) is 5.56 Å². The molecule has 0 fully saturated rings. The normalized spacial score (nSPS) is 11.9. The van der Waals surface area contributed by atoms with Crippen LogP contribution in [0.1, 0.15) is 18.2 Å². The van der Waals surface area contributed by atoms with Gasteiger partial charge < -0.3 is 4.74 Å². The molecule has 154 valence electrons. The third-order valence-electron chi connectivity index (χ3n) is 4.83. The van der Waals surface area contributed by atoms with Crippen molar-refractivity contribution in [2.75, 3.05) is 6.61 Å². The predicted octanol–water partition coefficient (Wildman–Crippen LogP) is 5.14. The van der Waals surface area contributed by atoms with Crippen LogP contribution in [0.3, 0.4) is 0 Å². The number of hydrogen-bond donors (Lipinski definition) is 0. The van der Waals surface area contributed by atoms with Crippen molar-refractivity contribution < 1.29 is 22.7 Å². The lowest BCUT2D eigenvalue weighted by Crippen LogP contribution is -2.15. The van der Waals surface area contributed by atoms with E-state index >= 15 is 0 Å². The number of ether oxygens (including phenoxy) is 1. The molecule has 4 aromatic rings. The lowest BCUT2D eigenvalue weighted by atomic mass is 9.99. The Bertz CT molecular complexity index is 1260. The number of aromatic nitrogens is 3. The van der Waals surface area contributed by atoms with Crippen LogP contribution in [0.2, 0.25) is 0 Å². The summed E-state index contributed by atoms with van der Waals surface area (Å²) in [4.78, 5) is 16.4. The largest absolute Gasteiger partial charge is 0.465 e. The van der Waals surface area contributed by atoms with Gasteiger partial charge in [-0.25, -0.2) is 9.67 Å². The molecule has 0 aliphatic heterocycles. The van der Waals surface area contributed by atoms with Crippen LogP contribution in [-0.4, -0.2) is 27.3 Å². The minimum Gasteiger partial charge on any atom is -0.465 e. The molecule has 0 aliphatic carbocycles. The first-order chi connectivity index (χ1) is 14.3. The number of alkyl halides is 3. The summed E-state index contributed by atoms with van der Waals surface area (Å²) in [6, 6.07) is 13.9. The van der Waals surface area contributed by atoms with Crippen LogP contribution in [0.5, 0.6) is 0 Å². The molecule has 0 unspecified atom stereocenters. The SMILES string of the molecule is CCOC(=O)Cn1nc(C)c2c(C(F)(F)F)cc(-c3cccc4ccccc34)nc21. The first-order valence-electron chi connectivity index (χ1n) is 9.38. The summed E-state index contributed by atoms with van der Waals surface area (Å²) >= 11 is 0. The molecule has 0 saturated heterocycles. The van der Waals surface area contributed by atoms with E-state index in [4.69, 9.17) is 4.74 Å². The van der Waals surface area contributed by atoms with Gasteiger partial charge in [-0.15, -0.1) is 0 Å². The van der Waals surface area contributed by atoms with Gasteiger partial charge >= 0.3 is 12.1 Å². The molecule has 2 heterocycles. The Morgan fingerprint density at radius 1 is 1.13 bits per heavy atom. The summed E-state index contributed by atoms with van der Waals surface area (Å²) in [5, 5.41) is 5.70. The maximum Gasteiger partial charge on any atom is 0.417 e. The molecule has 0 spiro atoms. The average Bonchev–Trinajstić information content (AvgIpc) is 3.01. The van der Waals surface area contributed by atoms with Crippen LogP contribution in [0.4, 0.5) is 13.2 Å². The summed E-state index contributed by atoms with van der Waals surface area (Å²) in [6.07, 6.45) is -4.61. The number of nitrogens with zero attached hydrogens (tertiary/aromatic N) is 3. The van der Waals surface area contributed by atoms with Gasteiger partial charge in [-0.1, -0.05) is 42.5 Å². The summed E-state index contributed by atoms with van der Waals surface area (Å²) in [7, 11) is 0. The zero-order valence-corrected chi connectivity index (χ0v) is 16.3. The minimum absolute atomic E-state index is 0.00156. The summed E-state index contributed by atoms with van der Waals surface area (Å²) < 4.78 is 47.9. The van der Waals surface area contributed by atoms with E-state index in [2.05, 4.69) is 10.1 Å². The molecule has 2 aromatic carbocycles. The number of hydrogen-bond acceptors (Lipinski definition) is 4. The molecule has 0 saturated carbocycles. The quantitative estimate of drug-likeness (QED) is 0.435. The van der Waals surface area contributed by atoms with E-state index in [-0.39, 0.29) is 35.6 Å². The van der Waals surface area contributed by atoms with Crippen molar-refractivity contribution in [3.8, 4) is 11.3 Å². The second kappa shape index (κ2) is 7.44. The number of pyridine rings is 1. The van der Waals surface area contributed by atoms with Gasteiger partial charge in [0.2, 0.25) is 0 Å². The highest BCUT2D eigenvalue weighted by Crippen LogP contribution is 2.39. The first-order valence-corrected chi connectivity index (χ1v) is 9.38. The molecule has 4 rings (SSSR count). The van der Waals surface area contributed by atoms with Crippen LogP contribution in [0.15, 0.2) is 48.5 Å². The number of benzene rings is 2. The highest BCUT2D eigenvalue weighted by atomic mass is 19.4. The van der Waals surface area contributed by atoms with E-state index in [9.17, 15) is 18.0 Å². The molecule has 0 radical (unpaired) electrons. The Balaban J connectivity index is 2.00. The van der Waals surface area contributed by atoms with E-state index in [0.717, 1.165) is 16.8 Å². The van der Waals surface area contributed by atoms with Gasteiger partial charge in [-0.2, -0.15) is 18.3 Å². The van der Waals surface area contributed by atoms with Crippen LogP contribution in [0, 0.1) is 6.92 Å². The molecule has 0 aliphatic rings. The Morgan fingerprint density at radius 2 is 1.87 bits per heavy atom. The molecule has 0 atom stereocenters.